The highest BCUT2D eigenvalue weighted by molar-refractivity contribution is 5.19. The predicted octanol–water partition coefficient (Wildman–Crippen LogP) is 3.37. The fourth-order valence-corrected chi connectivity index (χ4v) is 2.10. The van der Waals surface area contributed by atoms with Gasteiger partial charge in [0.05, 0.1) is 6.10 Å². The van der Waals surface area contributed by atoms with E-state index in [2.05, 4.69) is 25.7 Å². The van der Waals surface area contributed by atoms with E-state index < -0.39 is 6.10 Å². The maximum atomic E-state index is 13.5. The molecule has 0 aliphatic heterocycles. The average molecular weight is 253 g/mol. The van der Waals surface area contributed by atoms with E-state index in [0.717, 1.165) is 19.5 Å². The molecule has 1 unspecified atom stereocenters. The van der Waals surface area contributed by atoms with Gasteiger partial charge in [-0.2, -0.15) is 0 Å². The summed E-state index contributed by atoms with van der Waals surface area (Å²) in [6.45, 7) is 8.24. The first-order chi connectivity index (χ1) is 8.56. The van der Waals surface area contributed by atoms with Crippen LogP contribution in [0.25, 0.3) is 0 Å². The number of rotatable bonds is 7. The van der Waals surface area contributed by atoms with Gasteiger partial charge in [0.2, 0.25) is 0 Å². The van der Waals surface area contributed by atoms with Crippen LogP contribution in [0.2, 0.25) is 0 Å². The summed E-state index contributed by atoms with van der Waals surface area (Å²) in [5.74, 6) is -0.323. The lowest BCUT2D eigenvalue weighted by molar-refractivity contribution is 0.127. The highest BCUT2D eigenvalue weighted by Gasteiger charge is 2.15. The number of hydrogen-bond acceptors (Lipinski definition) is 2. The third-order valence-corrected chi connectivity index (χ3v) is 3.20. The molecule has 1 aromatic carbocycles. The van der Waals surface area contributed by atoms with Crippen molar-refractivity contribution < 1.29 is 9.50 Å². The van der Waals surface area contributed by atoms with Crippen LogP contribution in [-0.2, 0) is 0 Å². The number of nitrogens with zero attached hydrogens (tertiary/aromatic N) is 1. The summed E-state index contributed by atoms with van der Waals surface area (Å²) in [6.07, 6.45) is 0.942. The number of benzene rings is 1. The molecule has 0 saturated carbocycles. The minimum absolute atomic E-state index is 0.323. The van der Waals surface area contributed by atoms with Crippen LogP contribution in [0, 0.1) is 5.82 Å². The highest BCUT2D eigenvalue weighted by Crippen LogP contribution is 2.20. The fourth-order valence-electron chi connectivity index (χ4n) is 2.10. The van der Waals surface area contributed by atoms with Gasteiger partial charge in [-0.3, -0.25) is 0 Å². The van der Waals surface area contributed by atoms with Gasteiger partial charge in [-0.1, -0.05) is 25.1 Å². The third-order valence-electron chi connectivity index (χ3n) is 3.20. The largest absolute Gasteiger partial charge is 0.388 e. The van der Waals surface area contributed by atoms with E-state index in [1.54, 1.807) is 18.2 Å². The molecular formula is C15H24FNO. The first-order valence-electron chi connectivity index (χ1n) is 6.72. The molecule has 0 amide bonds. The van der Waals surface area contributed by atoms with Crippen LogP contribution in [0.1, 0.15) is 45.3 Å². The first kappa shape index (κ1) is 15.1. The molecule has 1 rings (SSSR count). The molecule has 1 N–H and O–H groups in total. The molecule has 1 aromatic rings. The molecule has 1 atom stereocenters. The van der Waals surface area contributed by atoms with E-state index in [-0.39, 0.29) is 5.82 Å². The monoisotopic (exact) mass is 253 g/mol. The molecule has 0 aliphatic rings. The van der Waals surface area contributed by atoms with Gasteiger partial charge in [-0.25, -0.2) is 4.39 Å². The number of aliphatic hydroxyl groups excluding tert-OH is 1. The smallest absolute Gasteiger partial charge is 0.128 e. The third kappa shape index (κ3) is 4.39. The van der Waals surface area contributed by atoms with Crippen molar-refractivity contribution in [3.63, 3.8) is 0 Å². The maximum Gasteiger partial charge on any atom is 0.128 e. The SMILES string of the molecule is CCCN(CCC(O)c1ccccc1F)C(C)C. The quantitative estimate of drug-likeness (QED) is 0.805. The van der Waals surface area contributed by atoms with Crippen molar-refractivity contribution >= 4 is 0 Å². The van der Waals surface area contributed by atoms with Gasteiger partial charge in [0.25, 0.3) is 0 Å². The molecule has 2 nitrogen and oxygen atoms in total. The maximum absolute atomic E-state index is 13.5. The van der Waals surface area contributed by atoms with Crippen LogP contribution >= 0.6 is 0 Å². The van der Waals surface area contributed by atoms with Gasteiger partial charge in [-0.05, 0) is 39.3 Å². The second-order valence-corrected chi connectivity index (χ2v) is 4.96. The Bertz CT molecular complexity index is 354. The lowest BCUT2D eigenvalue weighted by atomic mass is 10.1. The standard InChI is InChI=1S/C15H24FNO/c1-4-10-17(12(2)3)11-9-15(18)13-7-5-6-8-14(13)16/h5-8,12,15,18H,4,9-11H2,1-3H3. The number of hydrogen-bond donors (Lipinski definition) is 1. The van der Waals surface area contributed by atoms with Gasteiger partial charge in [0.1, 0.15) is 5.82 Å². The van der Waals surface area contributed by atoms with E-state index in [1.165, 1.54) is 6.07 Å². The Kier molecular flexibility index (Phi) is 6.30. The van der Waals surface area contributed by atoms with Gasteiger partial charge >= 0.3 is 0 Å². The van der Waals surface area contributed by atoms with Crippen LogP contribution < -0.4 is 0 Å². The van der Waals surface area contributed by atoms with E-state index in [9.17, 15) is 9.50 Å². The fraction of sp³-hybridized carbons (Fsp3) is 0.600. The minimum Gasteiger partial charge on any atom is -0.388 e. The molecule has 0 radical (unpaired) electrons. The van der Waals surface area contributed by atoms with E-state index in [1.807, 2.05) is 0 Å². The van der Waals surface area contributed by atoms with Crippen molar-refractivity contribution in [2.24, 2.45) is 0 Å². The van der Waals surface area contributed by atoms with E-state index in [0.29, 0.717) is 18.0 Å². The van der Waals surface area contributed by atoms with E-state index >= 15 is 0 Å². The molecule has 0 saturated heterocycles. The summed E-state index contributed by atoms with van der Waals surface area (Å²) in [5.41, 5.74) is 0.401. The molecule has 102 valence electrons. The van der Waals surface area contributed by atoms with Crippen molar-refractivity contribution in [3.8, 4) is 0 Å². The normalized spacial score (nSPS) is 13.3. The number of halogens is 1. The first-order valence-corrected chi connectivity index (χ1v) is 6.72. The van der Waals surface area contributed by atoms with Gasteiger partial charge in [0, 0.05) is 18.2 Å². The van der Waals surface area contributed by atoms with Gasteiger partial charge < -0.3 is 10.0 Å². The lowest BCUT2D eigenvalue weighted by Crippen LogP contribution is -2.33. The summed E-state index contributed by atoms with van der Waals surface area (Å²) in [7, 11) is 0. The molecule has 0 bridgehead atoms. The van der Waals surface area contributed by atoms with Crippen molar-refractivity contribution in [1.29, 1.82) is 0 Å². The molecule has 3 heteroatoms. The Morgan fingerprint density at radius 1 is 1.22 bits per heavy atom. The predicted molar refractivity (Wildman–Crippen MR) is 73.0 cm³/mol. The Balaban J connectivity index is 2.54. The number of aliphatic hydroxyl groups is 1. The summed E-state index contributed by atoms with van der Waals surface area (Å²) in [4.78, 5) is 2.31. The summed E-state index contributed by atoms with van der Waals surface area (Å²) >= 11 is 0. The Morgan fingerprint density at radius 3 is 2.44 bits per heavy atom. The molecule has 0 spiro atoms. The molecular weight excluding hydrogens is 229 g/mol. The summed E-state index contributed by atoms with van der Waals surface area (Å²) < 4.78 is 13.5. The molecule has 0 fully saturated rings. The van der Waals surface area contributed by atoms with Crippen LogP contribution in [-0.4, -0.2) is 29.1 Å². The van der Waals surface area contributed by atoms with Gasteiger partial charge in [-0.15, -0.1) is 0 Å². The van der Waals surface area contributed by atoms with Crippen LogP contribution in [0.15, 0.2) is 24.3 Å². The topological polar surface area (TPSA) is 23.5 Å². The molecule has 0 aliphatic carbocycles. The van der Waals surface area contributed by atoms with Crippen LogP contribution in [0.3, 0.4) is 0 Å². The van der Waals surface area contributed by atoms with Crippen molar-refractivity contribution in [2.75, 3.05) is 13.1 Å². The highest BCUT2D eigenvalue weighted by atomic mass is 19.1. The van der Waals surface area contributed by atoms with Crippen LogP contribution in [0.4, 0.5) is 4.39 Å². The van der Waals surface area contributed by atoms with E-state index in [4.69, 9.17) is 0 Å². The Labute approximate surface area is 109 Å². The zero-order chi connectivity index (χ0) is 13.5. The van der Waals surface area contributed by atoms with Gasteiger partial charge in [0.15, 0.2) is 0 Å². The second kappa shape index (κ2) is 7.49. The van der Waals surface area contributed by atoms with Crippen molar-refractivity contribution in [1.82, 2.24) is 4.90 Å². The Hall–Kier alpha value is -0.930. The average Bonchev–Trinajstić information content (AvgIpc) is 2.34. The van der Waals surface area contributed by atoms with Crippen LogP contribution in [0.5, 0.6) is 0 Å². The molecule has 18 heavy (non-hydrogen) atoms. The van der Waals surface area contributed by atoms with Crippen molar-refractivity contribution in [2.45, 2.75) is 45.8 Å². The van der Waals surface area contributed by atoms with Crippen molar-refractivity contribution in [3.05, 3.63) is 35.6 Å². The zero-order valence-electron chi connectivity index (χ0n) is 11.6. The second-order valence-electron chi connectivity index (χ2n) is 4.96. The summed E-state index contributed by atoms with van der Waals surface area (Å²) in [5, 5.41) is 10.0. The Morgan fingerprint density at radius 2 is 1.89 bits per heavy atom. The molecule has 0 aromatic heterocycles. The summed E-state index contributed by atoms with van der Waals surface area (Å²) in [6, 6.07) is 6.90. The zero-order valence-corrected chi connectivity index (χ0v) is 11.6. The lowest BCUT2D eigenvalue weighted by Gasteiger charge is -2.27. The molecule has 0 heterocycles. The minimum atomic E-state index is -0.718.